The van der Waals surface area contributed by atoms with Crippen LogP contribution in [0.1, 0.15) is 13.3 Å². The van der Waals surface area contributed by atoms with Gasteiger partial charge < -0.3 is 10.4 Å². The largest absolute Gasteiger partial charge is 0.506 e. The molecule has 0 aliphatic carbocycles. The van der Waals surface area contributed by atoms with Crippen LogP contribution in [0.5, 0.6) is 5.75 Å². The smallest absolute Gasteiger partial charge is 0.392 e. The van der Waals surface area contributed by atoms with E-state index in [1.807, 2.05) is 5.32 Å². The monoisotopic (exact) mass is 343 g/mol. The third-order valence-corrected chi connectivity index (χ3v) is 3.00. The summed E-state index contributed by atoms with van der Waals surface area (Å²) in [6.45, 7) is 0.844. The van der Waals surface area contributed by atoms with Gasteiger partial charge in [-0.15, -0.1) is 0 Å². The Morgan fingerprint density at radius 3 is 2.58 bits per heavy atom. The molecule has 0 aromatic heterocycles. The Labute approximate surface area is 114 Å². The van der Waals surface area contributed by atoms with Crippen molar-refractivity contribution in [1.82, 2.24) is 0 Å². The second-order valence-corrected chi connectivity index (χ2v) is 4.80. The average molecular weight is 344 g/mol. The molecule has 106 valence electrons. The number of rotatable bonds is 3. The number of carbonyl (C=O) groups excluding carboxylic acids is 1. The second-order valence-electron chi connectivity index (χ2n) is 3.95. The molecule has 0 saturated carbocycles. The third kappa shape index (κ3) is 4.09. The van der Waals surface area contributed by atoms with Crippen LogP contribution in [0.3, 0.4) is 0 Å². The van der Waals surface area contributed by atoms with Crippen molar-refractivity contribution < 1.29 is 27.5 Å². The zero-order valence-corrected chi connectivity index (χ0v) is 11.3. The quantitative estimate of drug-likeness (QED) is 0.647. The number of halogens is 5. The number of phenolic OH excluding ortho intramolecular Hbond substituents is 1. The van der Waals surface area contributed by atoms with Crippen LogP contribution in [-0.2, 0) is 4.79 Å². The Morgan fingerprint density at radius 1 is 1.47 bits per heavy atom. The summed E-state index contributed by atoms with van der Waals surface area (Å²) in [4.78, 5) is 11.4. The van der Waals surface area contributed by atoms with Gasteiger partial charge in [-0.05, 0) is 28.1 Å². The number of anilines is 1. The molecule has 0 saturated heterocycles. The molecule has 0 radical (unpaired) electrons. The molecule has 19 heavy (non-hydrogen) atoms. The predicted molar refractivity (Wildman–Crippen MR) is 64.2 cm³/mol. The topological polar surface area (TPSA) is 49.3 Å². The molecule has 1 amide bonds. The highest BCUT2D eigenvalue weighted by atomic mass is 79.9. The summed E-state index contributed by atoms with van der Waals surface area (Å²) in [5.41, 5.74) is -0.547. The normalized spacial score (nSPS) is 13.2. The number of carbonyl (C=O) groups is 1. The molecule has 0 heterocycles. The molecule has 0 aliphatic rings. The van der Waals surface area contributed by atoms with E-state index in [2.05, 4.69) is 15.9 Å². The first kappa shape index (κ1) is 15.7. The zero-order chi connectivity index (χ0) is 14.8. The van der Waals surface area contributed by atoms with Crippen LogP contribution in [0, 0.1) is 11.7 Å². The maximum atomic E-state index is 13.6. The van der Waals surface area contributed by atoms with Gasteiger partial charge in [0.25, 0.3) is 0 Å². The van der Waals surface area contributed by atoms with Crippen LogP contribution in [-0.4, -0.2) is 17.2 Å². The van der Waals surface area contributed by atoms with Crippen LogP contribution in [0.25, 0.3) is 0 Å². The van der Waals surface area contributed by atoms with Gasteiger partial charge in [0.05, 0.1) is 10.4 Å². The van der Waals surface area contributed by atoms with Gasteiger partial charge in [-0.3, -0.25) is 4.79 Å². The summed E-state index contributed by atoms with van der Waals surface area (Å²) in [6.07, 6.45) is -5.36. The molecular weight excluding hydrogens is 334 g/mol. The first-order valence-corrected chi connectivity index (χ1v) is 5.95. The van der Waals surface area contributed by atoms with E-state index in [1.165, 1.54) is 6.07 Å². The minimum Gasteiger partial charge on any atom is -0.506 e. The average Bonchev–Trinajstić information content (AvgIpc) is 2.28. The Morgan fingerprint density at radius 2 is 2.05 bits per heavy atom. The molecule has 0 spiro atoms. The van der Waals surface area contributed by atoms with Crippen molar-refractivity contribution in [3.8, 4) is 5.75 Å². The summed E-state index contributed by atoms with van der Waals surface area (Å²) in [7, 11) is 0. The van der Waals surface area contributed by atoms with Gasteiger partial charge in [-0.1, -0.05) is 6.92 Å². The number of phenols is 1. The van der Waals surface area contributed by atoms with E-state index in [0.29, 0.717) is 0 Å². The standard InChI is InChI=1S/C11H10BrF4NO2/c1-5(11(14,15)16)4-8(19)17-10-7(18)3-2-6(12)9(10)13/h2-3,5,18H,4H2,1H3,(H,17,19). The molecule has 0 fully saturated rings. The lowest BCUT2D eigenvalue weighted by Crippen LogP contribution is -2.25. The molecule has 2 N–H and O–H groups in total. The minimum atomic E-state index is -4.50. The van der Waals surface area contributed by atoms with E-state index in [0.717, 1.165) is 13.0 Å². The van der Waals surface area contributed by atoms with Crippen LogP contribution < -0.4 is 5.32 Å². The lowest BCUT2D eigenvalue weighted by atomic mass is 10.1. The summed E-state index contributed by atoms with van der Waals surface area (Å²) >= 11 is 2.84. The molecule has 1 rings (SSSR count). The fourth-order valence-corrected chi connectivity index (χ4v) is 1.57. The number of amides is 1. The van der Waals surface area contributed by atoms with Crippen LogP contribution in [0.4, 0.5) is 23.2 Å². The van der Waals surface area contributed by atoms with E-state index in [9.17, 15) is 27.5 Å². The SMILES string of the molecule is CC(CC(=O)Nc1c(O)ccc(Br)c1F)C(F)(F)F. The fraction of sp³-hybridized carbons (Fsp3) is 0.364. The van der Waals surface area contributed by atoms with Gasteiger partial charge in [-0.25, -0.2) is 4.39 Å². The van der Waals surface area contributed by atoms with Crippen LogP contribution >= 0.6 is 15.9 Å². The summed E-state index contributed by atoms with van der Waals surface area (Å²) in [5, 5.41) is 11.3. The maximum absolute atomic E-state index is 13.6. The van der Waals surface area contributed by atoms with Crippen molar-refractivity contribution in [2.24, 2.45) is 5.92 Å². The number of benzene rings is 1. The number of hydrogen-bond acceptors (Lipinski definition) is 2. The van der Waals surface area contributed by atoms with E-state index in [-0.39, 0.29) is 4.47 Å². The summed E-state index contributed by atoms with van der Waals surface area (Å²) in [5.74, 6) is -4.40. The van der Waals surface area contributed by atoms with Gasteiger partial charge in [0.2, 0.25) is 5.91 Å². The number of nitrogens with one attached hydrogen (secondary N) is 1. The molecular formula is C11H10BrF4NO2. The van der Waals surface area contributed by atoms with Crippen molar-refractivity contribution in [2.45, 2.75) is 19.5 Å². The minimum absolute atomic E-state index is 0.0236. The number of hydrogen-bond donors (Lipinski definition) is 2. The fourth-order valence-electron chi connectivity index (χ4n) is 1.24. The lowest BCUT2D eigenvalue weighted by molar-refractivity contribution is -0.173. The molecule has 0 aliphatic heterocycles. The molecule has 8 heteroatoms. The van der Waals surface area contributed by atoms with Crippen LogP contribution in [0.15, 0.2) is 16.6 Å². The first-order valence-electron chi connectivity index (χ1n) is 5.16. The first-order chi connectivity index (χ1) is 8.62. The van der Waals surface area contributed by atoms with Gasteiger partial charge in [0.15, 0.2) is 5.82 Å². The Hall–Kier alpha value is -1.31. The van der Waals surface area contributed by atoms with Gasteiger partial charge in [-0.2, -0.15) is 13.2 Å². The van der Waals surface area contributed by atoms with Crippen molar-refractivity contribution in [3.05, 3.63) is 22.4 Å². The number of alkyl halides is 3. The van der Waals surface area contributed by atoms with E-state index in [1.54, 1.807) is 0 Å². The molecule has 3 nitrogen and oxygen atoms in total. The van der Waals surface area contributed by atoms with Crippen molar-refractivity contribution in [2.75, 3.05) is 5.32 Å². The summed E-state index contributed by atoms with van der Waals surface area (Å²) in [6, 6.07) is 2.31. The molecule has 1 unspecified atom stereocenters. The Bertz CT molecular complexity index is 490. The predicted octanol–water partition coefficient (Wildman–Crippen LogP) is 3.82. The van der Waals surface area contributed by atoms with E-state index >= 15 is 0 Å². The van der Waals surface area contributed by atoms with Crippen LogP contribution in [0.2, 0.25) is 0 Å². The van der Waals surface area contributed by atoms with E-state index < -0.39 is 41.7 Å². The lowest BCUT2D eigenvalue weighted by Gasteiger charge is -2.15. The van der Waals surface area contributed by atoms with Crippen molar-refractivity contribution >= 4 is 27.5 Å². The van der Waals surface area contributed by atoms with Crippen molar-refractivity contribution in [1.29, 1.82) is 0 Å². The zero-order valence-electron chi connectivity index (χ0n) is 9.68. The second kappa shape index (κ2) is 5.77. The van der Waals surface area contributed by atoms with Gasteiger partial charge in [0, 0.05) is 6.42 Å². The molecule has 1 atom stereocenters. The highest BCUT2D eigenvalue weighted by Crippen LogP contribution is 2.33. The maximum Gasteiger partial charge on any atom is 0.392 e. The molecule has 1 aromatic carbocycles. The van der Waals surface area contributed by atoms with Crippen molar-refractivity contribution in [3.63, 3.8) is 0 Å². The van der Waals surface area contributed by atoms with E-state index in [4.69, 9.17) is 0 Å². The Balaban J connectivity index is 2.81. The third-order valence-electron chi connectivity index (χ3n) is 2.39. The Kier molecular flexibility index (Phi) is 4.78. The molecule has 1 aromatic rings. The highest BCUT2D eigenvalue weighted by molar-refractivity contribution is 9.10. The van der Waals surface area contributed by atoms with Gasteiger partial charge >= 0.3 is 6.18 Å². The molecule has 0 bridgehead atoms. The van der Waals surface area contributed by atoms with Gasteiger partial charge in [0.1, 0.15) is 11.4 Å². The summed E-state index contributed by atoms with van der Waals surface area (Å²) < 4.78 is 50.3. The number of aromatic hydroxyl groups is 1. The highest BCUT2D eigenvalue weighted by Gasteiger charge is 2.37.